The van der Waals surface area contributed by atoms with Gasteiger partial charge in [0.2, 0.25) is 5.91 Å². The van der Waals surface area contributed by atoms with Gasteiger partial charge in [0, 0.05) is 17.3 Å². The highest BCUT2D eigenvalue weighted by molar-refractivity contribution is 6.31. The average Bonchev–Trinajstić information content (AvgIpc) is 3.09. The van der Waals surface area contributed by atoms with Gasteiger partial charge in [-0.15, -0.1) is 6.58 Å². The third-order valence-corrected chi connectivity index (χ3v) is 6.29. The molecule has 0 unspecified atom stereocenters. The number of rotatable bonds is 6. The highest BCUT2D eigenvalue weighted by Gasteiger charge is 2.44. The van der Waals surface area contributed by atoms with E-state index in [0.29, 0.717) is 27.5 Å². The van der Waals surface area contributed by atoms with Crippen LogP contribution in [0.4, 0.5) is 10.5 Å². The van der Waals surface area contributed by atoms with Crippen molar-refractivity contribution in [2.75, 3.05) is 25.0 Å². The van der Waals surface area contributed by atoms with Crippen molar-refractivity contribution < 1.29 is 14.4 Å². The molecule has 1 atom stereocenters. The van der Waals surface area contributed by atoms with Gasteiger partial charge in [0.15, 0.2) is 0 Å². The van der Waals surface area contributed by atoms with Crippen molar-refractivity contribution in [2.45, 2.75) is 19.9 Å². The predicted octanol–water partition coefficient (Wildman–Crippen LogP) is 3.94. The summed E-state index contributed by atoms with van der Waals surface area (Å²) in [6.07, 6.45) is 1.60. The molecule has 2 heterocycles. The van der Waals surface area contributed by atoms with Crippen LogP contribution in [0.15, 0.2) is 66.4 Å². The van der Waals surface area contributed by atoms with Gasteiger partial charge in [0.1, 0.15) is 6.54 Å². The number of nitrogens with one attached hydrogen (secondary N) is 2. The second-order valence-corrected chi connectivity index (χ2v) is 8.58. The Hall–Kier alpha value is -3.58. The van der Waals surface area contributed by atoms with E-state index >= 15 is 0 Å². The molecule has 0 saturated heterocycles. The first-order chi connectivity index (χ1) is 15.8. The fraction of sp³-hybridized carbons (Fsp3) is 0.240. The van der Waals surface area contributed by atoms with E-state index in [1.54, 1.807) is 30.3 Å². The molecule has 2 N–H and O–H groups in total. The number of benzene rings is 2. The standard InChI is InChI=1S/C25H25ClN4O3/c1-4-11-30-20-13-29(14-21(31)27-17-10-9-15(2)16(3)12-17)24(32)22(20)23(28-25(30)33)18-7-5-6-8-19(18)26/h4-10,12,23H,1,11,13-14H2,2-3H3,(H,27,31)(H,28,33)/t23-/m0/s1. The van der Waals surface area contributed by atoms with Crippen molar-refractivity contribution in [1.82, 2.24) is 15.1 Å². The Morgan fingerprint density at radius 2 is 1.97 bits per heavy atom. The van der Waals surface area contributed by atoms with Gasteiger partial charge in [-0.05, 0) is 48.7 Å². The zero-order valence-electron chi connectivity index (χ0n) is 18.5. The number of halogens is 1. The number of aryl methyl sites for hydroxylation is 2. The number of amides is 4. The smallest absolute Gasteiger partial charge is 0.322 e. The lowest BCUT2D eigenvalue weighted by molar-refractivity contribution is -0.130. The third-order valence-electron chi connectivity index (χ3n) is 5.95. The summed E-state index contributed by atoms with van der Waals surface area (Å²) in [5.74, 6) is -0.616. The molecule has 8 heteroatoms. The molecule has 33 heavy (non-hydrogen) atoms. The minimum absolute atomic E-state index is 0.135. The monoisotopic (exact) mass is 464 g/mol. The maximum Gasteiger partial charge on any atom is 0.322 e. The Morgan fingerprint density at radius 1 is 1.21 bits per heavy atom. The van der Waals surface area contributed by atoms with Gasteiger partial charge in [-0.2, -0.15) is 0 Å². The first-order valence-corrected chi connectivity index (χ1v) is 11.0. The van der Waals surface area contributed by atoms with E-state index in [9.17, 15) is 14.4 Å². The number of urea groups is 1. The third kappa shape index (κ3) is 4.36. The molecule has 0 radical (unpaired) electrons. The molecule has 0 saturated carbocycles. The predicted molar refractivity (Wildman–Crippen MR) is 128 cm³/mol. The van der Waals surface area contributed by atoms with Crippen LogP contribution < -0.4 is 10.6 Å². The van der Waals surface area contributed by atoms with Crippen LogP contribution in [-0.2, 0) is 9.59 Å². The van der Waals surface area contributed by atoms with E-state index in [1.807, 2.05) is 32.0 Å². The summed E-state index contributed by atoms with van der Waals surface area (Å²) in [6.45, 7) is 7.95. The fourth-order valence-corrected chi connectivity index (χ4v) is 4.38. The van der Waals surface area contributed by atoms with Crippen LogP contribution in [0.25, 0.3) is 0 Å². The van der Waals surface area contributed by atoms with Crippen molar-refractivity contribution in [2.24, 2.45) is 0 Å². The lowest BCUT2D eigenvalue weighted by atomic mass is 9.95. The Balaban J connectivity index is 1.59. The molecule has 7 nitrogen and oxygen atoms in total. The number of carbonyl (C=O) groups excluding carboxylic acids is 3. The SMILES string of the molecule is C=CCN1C(=O)N[C@@H](c2ccccc2Cl)C2=C1CN(CC(=O)Nc1ccc(C)c(C)c1)C2=O. The fourth-order valence-electron chi connectivity index (χ4n) is 4.13. The zero-order valence-corrected chi connectivity index (χ0v) is 19.3. The van der Waals surface area contributed by atoms with Crippen LogP contribution in [0.1, 0.15) is 22.7 Å². The van der Waals surface area contributed by atoms with E-state index in [2.05, 4.69) is 17.2 Å². The van der Waals surface area contributed by atoms with Gasteiger partial charge in [0.05, 0.1) is 23.9 Å². The van der Waals surface area contributed by atoms with E-state index in [4.69, 9.17) is 11.6 Å². The number of nitrogens with zero attached hydrogens (tertiary/aromatic N) is 2. The normalized spacial score (nSPS) is 17.7. The Kier molecular flexibility index (Phi) is 6.24. The van der Waals surface area contributed by atoms with Crippen LogP contribution in [0.2, 0.25) is 5.02 Å². The van der Waals surface area contributed by atoms with Crippen molar-refractivity contribution in [1.29, 1.82) is 0 Å². The van der Waals surface area contributed by atoms with Crippen LogP contribution in [0.5, 0.6) is 0 Å². The first kappa shape index (κ1) is 22.6. The van der Waals surface area contributed by atoms with Crippen molar-refractivity contribution >= 4 is 35.1 Å². The van der Waals surface area contributed by atoms with Crippen LogP contribution in [-0.4, -0.2) is 47.3 Å². The van der Waals surface area contributed by atoms with Crippen molar-refractivity contribution in [3.05, 3.63) is 88.1 Å². The Labute approximate surface area is 197 Å². The summed E-state index contributed by atoms with van der Waals surface area (Å²) in [5, 5.41) is 6.18. The lowest BCUT2D eigenvalue weighted by Gasteiger charge is -2.33. The summed E-state index contributed by atoms with van der Waals surface area (Å²) < 4.78 is 0. The number of hydrogen-bond acceptors (Lipinski definition) is 3. The van der Waals surface area contributed by atoms with E-state index in [1.165, 1.54) is 9.80 Å². The lowest BCUT2D eigenvalue weighted by Crippen LogP contribution is -2.47. The van der Waals surface area contributed by atoms with Gasteiger partial charge < -0.3 is 15.5 Å². The largest absolute Gasteiger partial charge is 0.326 e. The molecule has 2 aliphatic rings. The quantitative estimate of drug-likeness (QED) is 0.635. The van der Waals surface area contributed by atoms with Crippen LogP contribution >= 0.6 is 11.6 Å². The minimum atomic E-state index is -0.692. The topological polar surface area (TPSA) is 81.8 Å². The molecular weight excluding hydrogens is 440 g/mol. The zero-order chi connectivity index (χ0) is 23.7. The maximum absolute atomic E-state index is 13.4. The second-order valence-electron chi connectivity index (χ2n) is 8.17. The molecule has 170 valence electrons. The van der Waals surface area contributed by atoms with Gasteiger partial charge in [0.25, 0.3) is 5.91 Å². The molecule has 2 aromatic rings. The molecule has 0 aromatic heterocycles. The molecule has 0 aliphatic carbocycles. The van der Waals surface area contributed by atoms with Crippen LogP contribution in [0, 0.1) is 13.8 Å². The molecular formula is C25H25ClN4O3. The molecule has 4 rings (SSSR count). The van der Waals surface area contributed by atoms with Gasteiger partial charge in [-0.1, -0.05) is 41.9 Å². The maximum atomic E-state index is 13.4. The minimum Gasteiger partial charge on any atom is -0.326 e. The Bertz CT molecular complexity index is 1190. The van der Waals surface area contributed by atoms with Gasteiger partial charge in [-0.25, -0.2) is 4.79 Å². The number of hydrogen-bond donors (Lipinski definition) is 2. The average molecular weight is 465 g/mol. The van der Waals surface area contributed by atoms with Gasteiger partial charge >= 0.3 is 6.03 Å². The molecule has 0 fully saturated rings. The van der Waals surface area contributed by atoms with E-state index in [-0.39, 0.29) is 37.5 Å². The highest BCUT2D eigenvalue weighted by Crippen LogP contribution is 2.38. The molecule has 4 amide bonds. The molecule has 2 aromatic carbocycles. The summed E-state index contributed by atoms with van der Waals surface area (Å²) in [6, 6.07) is 11.7. The molecule has 0 spiro atoms. The summed E-state index contributed by atoms with van der Waals surface area (Å²) in [5.41, 5.74) is 4.48. The van der Waals surface area contributed by atoms with E-state index in [0.717, 1.165) is 11.1 Å². The highest BCUT2D eigenvalue weighted by atomic mass is 35.5. The van der Waals surface area contributed by atoms with E-state index < -0.39 is 6.04 Å². The Morgan fingerprint density at radius 3 is 2.67 bits per heavy atom. The second kappa shape index (κ2) is 9.11. The van der Waals surface area contributed by atoms with Crippen molar-refractivity contribution in [3.8, 4) is 0 Å². The van der Waals surface area contributed by atoms with Crippen molar-refractivity contribution in [3.63, 3.8) is 0 Å². The first-order valence-electron chi connectivity index (χ1n) is 10.6. The molecule has 2 aliphatic heterocycles. The number of carbonyl (C=O) groups is 3. The summed E-state index contributed by atoms with van der Waals surface area (Å²) in [4.78, 5) is 41.9. The summed E-state index contributed by atoms with van der Waals surface area (Å²) >= 11 is 6.38. The van der Waals surface area contributed by atoms with Gasteiger partial charge in [-0.3, -0.25) is 14.5 Å². The van der Waals surface area contributed by atoms with Crippen LogP contribution in [0.3, 0.4) is 0 Å². The molecule has 0 bridgehead atoms. The number of anilines is 1. The summed E-state index contributed by atoms with van der Waals surface area (Å²) in [7, 11) is 0.